The van der Waals surface area contributed by atoms with E-state index in [1.807, 2.05) is 0 Å². The molecule has 13 nitrogen and oxygen atoms in total. The lowest BCUT2D eigenvalue weighted by Crippen LogP contribution is -2.63. The van der Waals surface area contributed by atoms with Crippen LogP contribution in [-0.2, 0) is 63.6 Å². The molecule has 0 radical (unpaired) electrons. The van der Waals surface area contributed by atoms with Crippen LogP contribution in [0.3, 0.4) is 0 Å². The van der Waals surface area contributed by atoms with Crippen molar-refractivity contribution in [3.8, 4) is 5.75 Å². The van der Waals surface area contributed by atoms with E-state index in [1.165, 1.54) is 14.0 Å². The predicted octanol–water partition coefficient (Wildman–Crippen LogP) is 3.25. The fourth-order valence-corrected chi connectivity index (χ4v) is 5.17. The first-order valence-electron chi connectivity index (χ1n) is 14.2. The number of carbonyl (C=O) groups excluding carboxylic acids is 5. The van der Waals surface area contributed by atoms with Crippen LogP contribution in [0.5, 0.6) is 5.75 Å². The molecule has 246 valence electrons. The lowest BCUT2D eigenvalue weighted by molar-refractivity contribution is -0.315. The Labute approximate surface area is 258 Å². The minimum Gasteiger partial charge on any atom is -0.544 e. The fourth-order valence-electron chi connectivity index (χ4n) is 4.13. The van der Waals surface area contributed by atoms with Crippen molar-refractivity contribution in [2.75, 3.05) is 13.7 Å². The molecular formula is C30H44O13Si. The van der Waals surface area contributed by atoms with Crippen LogP contribution in [0.15, 0.2) is 24.3 Å². The first kappa shape index (κ1) is 36.7. The molecule has 0 amide bonds. The topological polar surface area (TPSA) is 159 Å². The molecule has 1 heterocycles. The summed E-state index contributed by atoms with van der Waals surface area (Å²) in [6, 6.07) is 7.18. The van der Waals surface area contributed by atoms with Crippen molar-refractivity contribution < 1.29 is 61.6 Å². The van der Waals surface area contributed by atoms with Crippen molar-refractivity contribution in [2.24, 2.45) is 0 Å². The van der Waals surface area contributed by atoms with Crippen LogP contribution in [0.4, 0.5) is 0 Å². The van der Waals surface area contributed by atoms with Crippen LogP contribution in [-0.4, -0.2) is 88.7 Å². The molecule has 2 rings (SSSR count). The van der Waals surface area contributed by atoms with Gasteiger partial charge < -0.3 is 37.6 Å². The third kappa shape index (κ3) is 10.6. The highest BCUT2D eigenvalue weighted by Crippen LogP contribution is 2.37. The number of methoxy groups -OCH3 is 1. The van der Waals surface area contributed by atoms with Gasteiger partial charge in [0, 0.05) is 34.1 Å². The minimum atomic E-state index is -2.08. The summed E-state index contributed by atoms with van der Waals surface area (Å²) in [6.45, 7) is 14.8. The van der Waals surface area contributed by atoms with Gasteiger partial charge in [0.15, 0.2) is 30.7 Å². The second-order valence-electron chi connectivity index (χ2n) is 11.9. The average molecular weight is 641 g/mol. The van der Waals surface area contributed by atoms with Gasteiger partial charge in [-0.05, 0) is 35.8 Å². The van der Waals surface area contributed by atoms with Gasteiger partial charge in [-0.2, -0.15) is 0 Å². The number of ether oxygens (including phenoxy) is 7. The second-order valence-corrected chi connectivity index (χ2v) is 16.7. The van der Waals surface area contributed by atoms with Crippen LogP contribution < -0.4 is 4.43 Å². The predicted molar refractivity (Wildman–Crippen MR) is 157 cm³/mol. The molecule has 44 heavy (non-hydrogen) atoms. The number of benzene rings is 1. The molecule has 0 N–H and O–H groups in total. The molecule has 1 aromatic rings. The zero-order valence-electron chi connectivity index (χ0n) is 27.0. The normalized spacial score (nSPS) is 22.6. The first-order chi connectivity index (χ1) is 20.3. The van der Waals surface area contributed by atoms with Gasteiger partial charge >= 0.3 is 29.8 Å². The highest BCUT2D eigenvalue weighted by molar-refractivity contribution is 6.74. The van der Waals surface area contributed by atoms with E-state index >= 15 is 0 Å². The molecule has 1 aromatic carbocycles. The summed E-state index contributed by atoms with van der Waals surface area (Å²) >= 11 is 0. The molecule has 0 spiro atoms. The molecular weight excluding hydrogens is 596 g/mol. The van der Waals surface area contributed by atoms with Crippen molar-refractivity contribution in [3.05, 3.63) is 29.8 Å². The zero-order valence-corrected chi connectivity index (χ0v) is 28.0. The van der Waals surface area contributed by atoms with Crippen LogP contribution in [0.25, 0.3) is 0 Å². The SMILES string of the molecule is COC(=O)C(Cc1ccc(O[Si](C)(C)C(C)(C)C)cc1)O[C@@H]1O[C@H](COC(C)=O)[C@H](OC(C)=O)[C@H](OC(C)=O)[C@H]1OC(C)=O. The van der Waals surface area contributed by atoms with E-state index < -0.39 is 81.6 Å². The molecule has 0 saturated carbocycles. The van der Waals surface area contributed by atoms with Gasteiger partial charge in [-0.1, -0.05) is 32.9 Å². The van der Waals surface area contributed by atoms with Crippen molar-refractivity contribution in [1.29, 1.82) is 0 Å². The Kier molecular flexibility index (Phi) is 12.9. The first-order valence-corrected chi connectivity index (χ1v) is 17.1. The molecule has 6 atom stereocenters. The van der Waals surface area contributed by atoms with Gasteiger partial charge in [0.1, 0.15) is 18.5 Å². The molecule has 14 heteroatoms. The molecule has 1 aliphatic rings. The van der Waals surface area contributed by atoms with E-state index in [0.717, 1.165) is 20.8 Å². The Morgan fingerprint density at radius 3 is 1.82 bits per heavy atom. The van der Waals surface area contributed by atoms with Crippen LogP contribution >= 0.6 is 0 Å². The van der Waals surface area contributed by atoms with Crippen molar-refractivity contribution in [2.45, 2.75) is 110 Å². The summed E-state index contributed by atoms with van der Waals surface area (Å²) in [4.78, 5) is 60.7. The lowest BCUT2D eigenvalue weighted by atomic mass is 9.97. The maximum atomic E-state index is 12.9. The zero-order chi connectivity index (χ0) is 33.4. The highest BCUT2D eigenvalue weighted by atomic mass is 28.4. The third-order valence-corrected chi connectivity index (χ3v) is 11.6. The van der Waals surface area contributed by atoms with Gasteiger partial charge in [0.05, 0.1) is 7.11 Å². The molecule has 0 aliphatic carbocycles. The summed E-state index contributed by atoms with van der Waals surface area (Å²) in [5.41, 5.74) is 0.689. The molecule has 1 fully saturated rings. The van der Waals surface area contributed by atoms with Gasteiger partial charge in [0.2, 0.25) is 8.32 Å². The maximum absolute atomic E-state index is 12.9. The lowest BCUT2D eigenvalue weighted by Gasteiger charge is -2.44. The minimum absolute atomic E-state index is 0.000283. The van der Waals surface area contributed by atoms with Gasteiger partial charge in [-0.3, -0.25) is 19.2 Å². The van der Waals surface area contributed by atoms with Crippen molar-refractivity contribution in [1.82, 2.24) is 0 Å². The van der Waals surface area contributed by atoms with E-state index in [4.69, 9.17) is 37.6 Å². The Hall–Kier alpha value is -3.49. The largest absolute Gasteiger partial charge is 0.544 e. The highest BCUT2D eigenvalue weighted by Gasteiger charge is 2.53. The number of hydrogen-bond donors (Lipinski definition) is 0. The Bertz CT molecular complexity index is 1170. The number of hydrogen-bond acceptors (Lipinski definition) is 13. The molecule has 1 saturated heterocycles. The van der Waals surface area contributed by atoms with Crippen LogP contribution in [0.2, 0.25) is 18.1 Å². The average Bonchev–Trinajstić information content (AvgIpc) is 2.89. The summed E-state index contributed by atoms with van der Waals surface area (Å²) < 4.78 is 44.6. The molecule has 0 bridgehead atoms. The van der Waals surface area contributed by atoms with Gasteiger partial charge in [-0.15, -0.1) is 0 Å². The molecule has 1 unspecified atom stereocenters. The Morgan fingerprint density at radius 1 is 0.818 bits per heavy atom. The smallest absolute Gasteiger partial charge is 0.335 e. The second kappa shape index (κ2) is 15.5. The van der Waals surface area contributed by atoms with Gasteiger partial charge in [0.25, 0.3) is 0 Å². The quantitative estimate of drug-likeness (QED) is 0.186. The number of carbonyl (C=O) groups is 5. The van der Waals surface area contributed by atoms with E-state index in [0.29, 0.717) is 11.3 Å². The maximum Gasteiger partial charge on any atom is 0.335 e. The Morgan fingerprint density at radius 2 is 1.34 bits per heavy atom. The van der Waals surface area contributed by atoms with E-state index in [1.54, 1.807) is 24.3 Å². The standard InChI is InChI=1S/C30H44O13Si/c1-17(31)37-16-24-25(38-18(2)32)26(39-19(3)33)27(40-20(4)34)29(42-24)41-23(28(35)36-8)15-21-11-13-22(14-12-21)43-44(9,10)30(5,6)7/h11-14,23-27,29H,15-16H2,1-10H3/t23?,24-,25+,26+,27-,29-/m1/s1. The third-order valence-electron chi connectivity index (χ3n) is 7.23. The van der Waals surface area contributed by atoms with Crippen LogP contribution in [0, 0.1) is 0 Å². The summed E-state index contributed by atoms with van der Waals surface area (Å²) in [7, 11) is -0.897. The number of esters is 5. The van der Waals surface area contributed by atoms with E-state index in [2.05, 4.69) is 33.9 Å². The van der Waals surface area contributed by atoms with E-state index in [-0.39, 0.29) is 11.5 Å². The summed E-state index contributed by atoms with van der Waals surface area (Å²) in [5.74, 6) is -3.09. The summed E-state index contributed by atoms with van der Waals surface area (Å²) in [6.07, 6.45) is -8.32. The summed E-state index contributed by atoms with van der Waals surface area (Å²) in [5, 5.41) is -0.000283. The number of rotatable bonds is 12. The molecule has 0 aromatic heterocycles. The Balaban J connectivity index is 2.43. The van der Waals surface area contributed by atoms with Gasteiger partial charge in [-0.25, -0.2) is 4.79 Å². The molecule has 1 aliphatic heterocycles. The van der Waals surface area contributed by atoms with Crippen molar-refractivity contribution >= 4 is 38.2 Å². The monoisotopic (exact) mass is 640 g/mol. The fraction of sp³-hybridized carbons (Fsp3) is 0.633. The van der Waals surface area contributed by atoms with Crippen LogP contribution in [0.1, 0.15) is 54.0 Å². The van der Waals surface area contributed by atoms with Crippen molar-refractivity contribution in [3.63, 3.8) is 0 Å². The van der Waals surface area contributed by atoms with E-state index in [9.17, 15) is 24.0 Å².